The first kappa shape index (κ1) is 20.2. The van der Waals surface area contributed by atoms with Gasteiger partial charge in [-0.15, -0.1) is 0 Å². The zero-order valence-electron chi connectivity index (χ0n) is 14.5. The summed E-state index contributed by atoms with van der Waals surface area (Å²) in [7, 11) is 1.51. The smallest absolute Gasteiger partial charge is 0.341 e. The van der Waals surface area contributed by atoms with E-state index in [0.29, 0.717) is 37.0 Å². The number of thioether (sulfide) groups is 1. The Kier molecular flexibility index (Phi) is 6.23. The van der Waals surface area contributed by atoms with Crippen LogP contribution in [0.5, 0.6) is 11.5 Å². The molecule has 2 aromatic carbocycles. The molecule has 1 saturated heterocycles. The molecule has 1 N–H and O–H groups in total. The summed E-state index contributed by atoms with van der Waals surface area (Å²) >= 11 is 12.7. The largest absolute Gasteiger partial charge is 0.495 e. The van der Waals surface area contributed by atoms with Crippen LogP contribution in [0, 0.1) is 0 Å². The van der Waals surface area contributed by atoms with Gasteiger partial charge in [0.25, 0.3) is 5.91 Å². The molecule has 1 aliphatic rings. The number of anilines is 1. The molecule has 0 atom stereocenters. The highest BCUT2D eigenvalue weighted by Crippen LogP contribution is 2.39. The molecule has 6 nitrogen and oxygen atoms in total. The van der Waals surface area contributed by atoms with Gasteiger partial charge in [-0.05, 0) is 30.3 Å². The maximum Gasteiger partial charge on any atom is 0.341 e. The Labute approximate surface area is 175 Å². The van der Waals surface area contributed by atoms with Gasteiger partial charge >= 0.3 is 5.97 Å². The average Bonchev–Trinajstić information content (AvgIpc) is 2.94. The Morgan fingerprint density at radius 1 is 1.29 bits per heavy atom. The summed E-state index contributed by atoms with van der Waals surface area (Å²) in [6.07, 6.45) is 1.63. The van der Waals surface area contributed by atoms with E-state index in [2.05, 4.69) is 0 Å². The predicted molar refractivity (Wildman–Crippen MR) is 113 cm³/mol. The lowest BCUT2D eigenvalue weighted by Crippen LogP contribution is -2.27. The number of hydrogen-bond acceptors (Lipinski definition) is 6. The quantitative estimate of drug-likeness (QED) is 0.537. The van der Waals surface area contributed by atoms with Gasteiger partial charge in [0.1, 0.15) is 11.5 Å². The van der Waals surface area contributed by atoms with E-state index in [1.54, 1.807) is 48.5 Å². The Morgan fingerprint density at radius 2 is 2.04 bits per heavy atom. The van der Waals surface area contributed by atoms with Crippen molar-refractivity contribution < 1.29 is 24.2 Å². The van der Waals surface area contributed by atoms with E-state index >= 15 is 0 Å². The summed E-state index contributed by atoms with van der Waals surface area (Å²) in [5.41, 5.74) is 1.11. The first-order valence-corrected chi connectivity index (χ1v) is 9.56. The van der Waals surface area contributed by atoms with Crippen LogP contribution in [0.1, 0.15) is 5.56 Å². The number of amides is 1. The first-order valence-electron chi connectivity index (χ1n) is 7.96. The zero-order valence-corrected chi connectivity index (χ0v) is 16.9. The SMILES string of the molecule is COc1ccc(N2C(=O)/C(=C\c3ccccc3OCC(=O)O)SC2=S)cc1Cl. The van der Waals surface area contributed by atoms with Crippen LogP contribution in [0.25, 0.3) is 6.08 Å². The van der Waals surface area contributed by atoms with Crippen LogP contribution in [0.2, 0.25) is 5.02 Å². The van der Waals surface area contributed by atoms with Crippen molar-refractivity contribution in [1.29, 1.82) is 0 Å². The predicted octanol–water partition coefficient (Wildman–Crippen LogP) is 4.22. The van der Waals surface area contributed by atoms with Crippen molar-refractivity contribution in [3.05, 3.63) is 58.0 Å². The number of carboxylic acids is 1. The minimum Gasteiger partial charge on any atom is -0.495 e. The molecule has 144 valence electrons. The van der Waals surface area contributed by atoms with Crippen molar-refractivity contribution in [3.63, 3.8) is 0 Å². The zero-order chi connectivity index (χ0) is 20.3. The van der Waals surface area contributed by atoms with E-state index < -0.39 is 12.6 Å². The molecule has 0 unspecified atom stereocenters. The lowest BCUT2D eigenvalue weighted by molar-refractivity contribution is -0.139. The molecule has 0 bridgehead atoms. The number of para-hydroxylation sites is 1. The number of benzene rings is 2. The Balaban J connectivity index is 1.90. The monoisotopic (exact) mass is 435 g/mol. The second kappa shape index (κ2) is 8.64. The number of hydrogen-bond donors (Lipinski definition) is 1. The summed E-state index contributed by atoms with van der Waals surface area (Å²) in [6, 6.07) is 11.8. The maximum atomic E-state index is 12.9. The number of halogens is 1. The van der Waals surface area contributed by atoms with Crippen molar-refractivity contribution in [3.8, 4) is 11.5 Å². The molecule has 3 rings (SSSR count). The van der Waals surface area contributed by atoms with Crippen LogP contribution in [-0.2, 0) is 9.59 Å². The van der Waals surface area contributed by atoms with Crippen molar-refractivity contribution in [2.45, 2.75) is 0 Å². The number of methoxy groups -OCH3 is 1. The molecule has 0 saturated carbocycles. The highest BCUT2D eigenvalue weighted by Gasteiger charge is 2.33. The third kappa shape index (κ3) is 4.30. The number of carboxylic acid groups (broad SMARTS) is 1. The average molecular weight is 436 g/mol. The van der Waals surface area contributed by atoms with E-state index in [-0.39, 0.29) is 5.91 Å². The third-order valence-corrected chi connectivity index (χ3v) is 5.34. The molecule has 0 aromatic heterocycles. The molecule has 1 aliphatic heterocycles. The molecule has 9 heteroatoms. The van der Waals surface area contributed by atoms with Crippen LogP contribution >= 0.6 is 35.6 Å². The van der Waals surface area contributed by atoms with Crippen LogP contribution in [0.4, 0.5) is 5.69 Å². The van der Waals surface area contributed by atoms with E-state index in [0.717, 1.165) is 11.8 Å². The normalized spacial score (nSPS) is 15.2. The fourth-order valence-corrected chi connectivity index (χ4v) is 4.04. The summed E-state index contributed by atoms with van der Waals surface area (Å²) in [6.45, 7) is -0.476. The highest BCUT2D eigenvalue weighted by molar-refractivity contribution is 8.27. The number of rotatable bonds is 6. The van der Waals surface area contributed by atoms with Gasteiger partial charge in [-0.25, -0.2) is 4.79 Å². The van der Waals surface area contributed by atoms with E-state index in [1.807, 2.05) is 0 Å². The molecular weight excluding hydrogens is 422 g/mol. The molecular formula is C19H14ClNO5S2. The van der Waals surface area contributed by atoms with E-state index in [1.165, 1.54) is 12.0 Å². The molecule has 1 fully saturated rings. The van der Waals surface area contributed by atoms with Gasteiger partial charge in [-0.3, -0.25) is 9.69 Å². The van der Waals surface area contributed by atoms with Crippen LogP contribution < -0.4 is 14.4 Å². The second-order valence-electron chi connectivity index (χ2n) is 5.56. The summed E-state index contributed by atoms with van der Waals surface area (Å²) in [5.74, 6) is -0.527. The number of ether oxygens (including phenoxy) is 2. The number of carbonyl (C=O) groups excluding carboxylic acids is 1. The maximum absolute atomic E-state index is 12.9. The van der Waals surface area contributed by atoms with Gasteiger partial charge in [0, 0.05) is 5.56 Å². The molecule has 0 radical (unpaired) electrons. The van der Waals surface area contributed by atoms with Gasteiger partial charge in [-0.1, -0.05) is 53.8 Å². The van der Waals surface area contributed by atoms with Gasteiger partial charge < -0.3 is 14.6 Å². The molecule has 0 spiro atoms. The van der Waals surface area contributed by atoms with Gasteiger partial charge in [0.15, 0.2) is 10.9 Å². The Bertz CT molecular complexity index is 992. The molecule has 28 heavy (non-hydrogen) atoms. The Morgan fingerprint density at radius 3 is 2.71 bits per heavy atom. The summed E-state index contributed by atoms with van der Waals surface area (Å²) in [4.78, 5) is 25.4. The molecule has 1 heterocycles. The fourth-order valence-electron chi connectivity index (χ4n) is 2.50. The van der Waals surface area contributed by atoms with Gasteiger partial charge in [0.05, 0.1) is 22.7 Å². The van der Waals surface area contributed by atoms with Crippen molar-refractivity contribution in [1.82, 2.24) is 0 Å². The minimum absolute atomic E-state index is 0.302. The van der Waals surface area contributed by atoms with Crippen LogP contribution in [0.15, 0.2) is 47.4 Å². The van der Waals surface area contributed by atoms with Crippen LogP contribution in [0.3, 0.4) is 0 Å². The van der Waals surface area contributed by atoms with Crippen molar-refractivity contribution >= 4 is 63.5 Å². The first-order chi connectivity index (χ1) is 13.4. The second-order valence-corrected chi connectivity index (χ2v) is 7.64. The molecule has 2 aromatic rings. The van der Waals surface area contributed by atoms with E-state index in [9.17, 15) is 9.59 Å². The van der Waals surface area contributed by atoms with Gasteiger partial charge in [-0.2, -0.15) is 0 Å². The number of nitrogens with zero attached hydrogens (tertiary/aromatic N) is 1. The molecule has 0 aliphatic carbocycles. The Hall–Kier alpha value is -2.55. The third-order valence-electron chi connectivity index (χ3n) is 3.74. The van der Waals surface area contributed by atoms with Gasteiger partial charge in [0.2, 0.25) is 0 Å². The molecule has 1 amide bonds. The van der Waals surface area contributed by atoms with E-state index in [4.69, 9.17) is 38.4 Å². The lowest BCUT2D eigenvalue weighted by Gasteiger charge is -2.15. The number of aliphatic carboxylic acids is 1. The fraction of sp³-hybridized carbons (Fsp3) is 0.105. The summed E-state index contributed by atoms with van der Waals surface area (Å²) < 4.78 is 10.8. The van der Waals surface area contributed by atoms with Crippen molar-refractivity contribution in [2.24, 2.45) is 0 Å². The lowest BCUT2D eigenvalue weighted by atomic mass is 10.2. The topological polar surface area (TPSA) is 76.1 Å². The number of thiocarbonyl (C=S) groups is 1. The van der Waals surface area contributed by atoms with Crippen LogP contribution in [-0.4, -0.2) is 35.0 Å². The minimum atomic E-state index is -1.09. The number of carbonyl (C=O) groups is 2. The highest BCUT2D eigenvalue weighted by atomic mass is 35.5. The summed E-state index contributed by atoms with van der Waals surface area (Å²) in [5, 5.41) is 9.17. The standard InChI is InChI=1S/C19H14ClNO5S2/c1-25-15-7-6-12(9-13(15)20)21-18(24)16(28-19(21)27)8-11-4-2-3-5-14(11)26-10-17(22)23/h2-9H,10H2,1H3,(H,22,23)/b16-8+. The van der Waals surface area contributed by atoms with Crippen molar-refractivity contribution in [2.75, 3.05) is 18.6 Å².